The standard InChI is InChI=1S/C20H16ClN3O2S2/c1-26-16-4-2-14(3-5-16)13-24(20-23-10-11-27-20)28(25)17-6-7-18-15(12-17)8-9-22-19(18)21/h2-12H,13H2,1H3. The Morgan fingerprint density at radius 2 is 1.93 bits per heavy atom. The molecule has 2 aromatic heterocycles. The van der Waals surface area contributed by atoms with Crippen LogP contribution in [0.15, 0.2) is 71.2 Å². The van der Waals surface area contributed by atoms with Crippen LogP contribution in [0.1, 0.15) is 5.56 Å². The topological polar surface area (TPSA) is 55.3 Å². The first-order chi connectivity index (χ1) is 13.7. The average molecular weight is 430 g/mol. The summed E-state index contributed by atoms with van der Waals surface area (Å²) < 4.78 is 20.4. The molecule has 142 valence electrons. The number of hydrogen-bond donors (Lipinski definition) is 0. The minimum absolute atomic E-state index is 0.435. The van der Waals surface area contributed by atoms with Crippen molar-refractivity contribution in [2.24, 2.45) is 0 Å². The molecule has 8 heteroatoms. The molecular formula is C20H16ClN3O2S2. The third kappa shape index (κ3) is 3.87. The van der Waals surface area contributed by atoms with E-state index in [0.29, 0.717) is 21.7 Å². The van der Waals surface area contributed by atoms with Gasteiger partial charge in [0.2, 0.25) is 0 Å². The van der Waals surface area contributed by atoms with Crippen molar-refractivity contribution in [2.75, 3.05) is 11.4 Å². The summed E-state index contributed by atoms with van der Waals surface area (Å²) in [6.45, 7) is 0.458. The van der Waals surface area contributed by atoms with Gasteiger partial charge in [0.1, 0.15) is 10.9 Å². The number of anilines is 1. The molecule has 0 aliphatic rings. The molecule has 0 N–H and O–H groups in total. The molecule has 0 saturated heterocycles. The van der Waals surface area contributed by atoms with Crippen LogP contribution in [-0.2, 0) is 17.5 Å². The number of halogens is 1. The van der Waals surface area contributed by atoms with Crippen LogP contribution < -0.4 is 9.04 Å². The van der Waals surface area contributed by atoms with Crippen LogP contribution in [-0.4, -0.2) is 21.3 Å². The summed E-state index contributed by atoms with van der Waals surface area (Å²) in [7, 11) is 0.198. The largest absolute Gasteiger partial charge is 0.497 e. The second kappa shape index (κ2) is 8.26. The number of aromatic nitrogens is 2. The van der Waals surface area contributed by atoms with Gasteiger partial charge in [0.05, 0.1) is 18.6 Å². The van der Waals surface area contributed by atoms with Gasteiger partial charge < -0.3 is 4.74 Å². The van der Waals surface area contributed by atoms with E-state index in [1.165, 1.54) is 11.3 Å². The summed E-state index contributed by atoms with van der Waals surface area (Å²) in [6, 6.07) is 15.1. The lowest BCUT2D eigenvalue weighted by Crippen LogP contribution is -2.25. The Kier molecular flexibility index (Phi) is 5.57. The number of ether oxygens (including phenoxy) is 1. The van der Waals surface area contributed by atoms with Gasteiger partial charge in [0.15, 0.2) is 16.1 Å². The summed E-state index contributed by atoms with van der Waals surface area (Å²) in [5.41, 5.74) is 1.01. The predicted molar refractivity (Wildman–Crippen MR) is 114 cm³/mol. The Morgan fingerprint density at radius 1 is 1.11 bits per heavy atom. The second-order valence-corrected chi connectivity index (χ2v) is 8.57. The fraction of sp³-hybridized carbons (Fsp3) is 0.100. The number of hydrogen-bond acceptors (Lipinski definition) is 5. The maximum Gasteiger partial charge on any atom is 0.197 e. The van der Waals surface area contributed by atoms with E-state index in [4.69, 9.17) is 16.3 Å². The molecule has 0 aliphatic heterocycles. The minimum Gasteiger partial charge on any atom is -0.497 e. The van der Waals surface area contributed by atoms with Gasteiger partial charge in [0, 0.05) is 23.2 Å². The van der Waals surface area contributed by atoms with Crippen molar-refractivity contribution in [3.05, 3.63) is 77.0 Å². The quantitative estimate of drug-likeness (QED) is 0.401. The van der Waals surface area contributed by atoms with E-state index in [9.17, 15) is 4.21 Å². The molecule has 0 saturated carbocycles. The Hall–Kier alpha value is -2.48. The summed E-state index contributed by atoms with van der Waals surface area (Å²) in [4.78, 5) is 9.13. The SMILES string of the molecule is COc1ccc(CN(c2nccs2)S(=O)c2ccc3c(Cl)nccc3c2)cc1. The zero-order valence-electron chi connectivity index (χ0n) is 14.9. The third-order valence-electron chi connectivity index (χ3n) is 4.21. The Balaban J connectivity index is 1.69. The molecule has 5 nitrogen and oxygen atoms in total. The normalized spacial score (nSPS) is 12.1. The highest BCUT2D eigenvalue weighted by Gasteiger charge is 2.19. The summed E-state index contributed by atoms with van der Waals surface area (Å²) in [5.74, 6) is 0.783. The summed E-state index contributed by atoms with van der Waals surface area (Å²) >= 11 is 7.60. The first-order valence-corrected chi connectivity index (χ1v) is 10.8. The Bertz CT molecular complexity index is 1120. The van der Waals surface area contributed by atoms with Gasteiger partial charge in [-0.25, -0.2) is 14.2 Å². The molecular weight excluding hydrogens is 414 g/mol. The molecule has 1 unspecified atom stereocenters. The number of methoxy groups -OCH3 is 1. The maximum atomic E-state index is 13.4. The van der Waals surface area contributed by atoms with Gasteiger partial charge in [-0.2, -0.15) is 0 Å². The van der Waals surface area contributed by atoms with Crippen molar-refractivity contribution in [1.82, 2.24) is 9.97 Å². The zero-order chi connectivity index (χ0) is 19.5. The molecule has 2 aromatic carbocycles. The van der Waals surface area contributed by atoms with E-state index < -0.39 is 11.0 Å². The van der Waals surface area contributed by atoms with Crippen molar-refractivity contribution in [3.63, 3.8) is 0 Å². The molecule has 0 spiro atoms. The van der Waals surface area contributed by atoms with E-state index in [-0.39, 0.29) is 0 Å². The average Bonchev–Trinajstić information content (AvgIpc) is 3.26. The number of fused-ring (bicyclic) bond motifs is 1. The highest BCUT2D eigenvalue weighted by molar-refractivity contribution is 7.86. The van der Waals surface area contributed by atoms with Crippen LogP contribution >= 0.6 is 22.9 Å². The van der Waals surface area contributed by atoms with Gasteiger partial charge in [-0.05, 0) is 41.3 Å². The number of nitrogens with zero attached hydrogens (tertiary/aromatic N) is 3. The molecule has 0 fully saturated rings. The monoisotopic (exact) mass is 429 g/mol. The van der Waals surface area contributed by atoms with Crippen LogP contribution in [0.3, 0.4) is 0 Å². The van der Waals surface area contributed by atoms with Crippen LogP contribution in [0.5, 0.6) is 5.75 Å². The Labute approximate surface area is 174 Å². The lowest BCUT2D eigenvalue weighted by Gasteiger charge is -2.21. The fourth-order valence-electron chi connectivity index (χ4n) is 2.79. The van der Waals surface area contributed by atoms with Crippen molar-refractivity contribution in [3.8, 4) is 5.75 Å². The molecule has 4 aromatic rings. The van der Waals surface area contributed by atoms with Crippen LogP contribution in [0.4, 0.5) is 5.13 Å². The van der Waals surface area contributed by atoms with Crippen molar-refractivity contribution in [1.29, 1.82) is 0 Å². The van der Waals surface area contributed by atoms with Crippen molar-refractivity contribution < 1.29 is 8.95 Å². The molecule has 1 atom stereocenters. The van der Waals surface area contributed by atoms with Gasteiger partial charge in [-0.1, -0.05) is 29.8 Å². The van der Waals surface area contributed by atoms with Crippen LogP contribution in [0, 0.1) is 0 Å². The fourth-order valence-corrected chi connectivity index (χ4v) is 5.02. The molecule has 0 amide bonds. The molecule has 2 heterocycles. The van der Waals surface area contributed by atoms with Crippen molar-refractivity contribution >= 4 is 49.8 Å². The zero-order valence-corrected chi connectivity index (χ0v) is 17.3. The molecule has 0 radical (unpaired) electrons. The van der Waals surface area contributed by atoms with Gasteiger partial charge in [0.25, 0.3) is 0 Å². The lowest BCUT2D eigenvalue weighted by molar-refractivity contribution is 0.414. The van der Waals surface area contributed by atoms with Crippen LogP contribution in [0.25, 0.3) is 10.8 Å². The van der Waals surface area contributed by atoms with Gasteiger partial charge >= 0.3 is 0 Å². The predicted octanol–water partition coefficient (Wildman–Crippen LogP) is 5.08. The third-order valence-corrected chi connectivity index (χ3v) is 6.78. The number of pyridine rings is 1. The molecule has 0 aliphatic carbocycles. The number of benzene rings is 2. The van der Waals surface area contributed by atoms with E-state index >= 15 is 0 Å². The molecule has 4 rings (SSSR count). The highest BCUT2D eigenvalue weighted by Crippen LogP contribution is 2.28. The second-order valence-electron chi connectivity index (χ2n) is 5.93. The highest BCUT2D eigenvalue weighted by atomic mass is 35.5. The maximum absolute atomic E-state index is 13.4. The molecule has 0 bridgehead atoms. The van der Waals surface area contributed by atoms with Crippen molar-refractivity contribution in [2.45, 2.75) is 11.4 Å². The smallest absolute Gasteiger partial charge is 0.197 e. The van der Waals surface area contributed by atoms with E-state index in [2.05, 4.69) is 9.97 Å². The van der Waals surface area contributed by atoms with Gasteiger partial charge in [-0.3, -0.25) is 4.31 Å². The van der Waals surface area contributed by atoms with Crippen LogP contribution in [0.2, 0.25) is 5.15 Å². The van der Waals surface area contributed by atoms with E-state index in [1.54, 1.807) is 23.8 Å². The summed E-state index contributed by atoms with van der Waals surface area (Å²) in [5, 5.41) is 4.74. The minimum atomic E-state index is -1.43. The van der Waals surface area contributed by atoms with E-state index in [1.807, 2.05) is 53.9 Å². The Morgan fingerprint density at radius 3 is 2.64 bits per heavy atom. The first-order valence-electron chi connectivity index (χ1n) is 8.42. The van der Waals surface area contributed by atoms with E-state index in [0.717, 1.165) is 22.1 Å². The lowest BCUT2D eigenvalue weighted by atomic mass is 10.2. The molecule has 28 heavy (non-hydrogen) atoms. The summed E-state index contributed by atoms with van der Waals surface area (Å²) in [6.07, 6.45) is 3.36. The first kappa shape index (κ1) is 18.9. The number of thiazole rings is 1. The number of rotatable bonds is 6. The van der Waals surface area contributed by atoms with Gasteiger partial charge in [-0.15, -0.1) is 11.3 Å².